The normalized spacial score (nSPS) is 22.2. The first-order chi connectivity index (χ1) is 8.54. The molecule has 0 bridgehead atoms. The van der Waals surface area contributed by atoms with Crippen molar-refractivity contribution in [2.24, 2.45) is 0 Å². The van der Waals surface area contributed by atoms with Gasteiger partial charge in [0.15, 0.2) is 9.84 Å². The van der Waals surface area contributed by atoms with Gasteiger partial charge in [0.2, 0.25) is 0 Å². The predicted molar refractivity (Wildman–Crippen MR) is 66.9 cm³/mol. The van der Waals surface area contributed by atoms with Crippen molar-refractivity contribution in [2.45, 2.75) is 30.2 Å². The van der Waals surface area contributed by atoms with Crippen LogP contribution < -0.4 is 0 Å². The molecule has 2 rings (SSSR count). The van der Waals surface area contributed by atoms with Crippen molar-refractivity contribution >= 4 is 9.84 Å². The Morgan fingerprint density at radius 2 is 2.33 bits per heavy atom. The van der Waals surface area contributed by atoms with E-state index in [1.165, 1.54) is 12.5 Å². The fourth-order valence-electron chi connectivity index (χ4n) is 2.53. The maximum absolute atomic E-state index is 11.7. The highest BCUT2D eigenvalue weighted by Gasteiger charge is 2.29. The number of aromatic nitrogens is 2. The van der Waals surface area contributed by atoms with Gasteiger partial charge in [-0.05, 0) is 19.4 Å². The quantitative estimate of drug-likeness (QED) is 0.825. The third kappa shape index (κ3) is 2.73. The van der Waals surface area contributed by atoms with Crippen LogP contribution in [0.4, 0.5) is 0 Å². The lowest BCUT2D eigenvalue weighted by Gasteiger charge is -2.34. The van der Waals surface area contributed by atoms with Crippen LogP contribution in [-0.2, 0) is 9.84 Å². The SMILES string of the molecule is CS(=O)(=O)c1cn[nH]c1C1CCCCN1CCO. The van der Waals surface area contributed by atoms with Crippen molar-refractivity contribution in [1.29, 1.82) is 0 Å². The number of likely N-dealkylation sites (tertiary alicyclic amines) is 1. The zero-order chi connectivity index (χ0) is 13.2. The van der Waals surface area contributed by atoms with Crippen LogP contribution in [0.5, 0.6) is 0 Å². The van der Waals surface area contributed by atoms with E-state index in [-0.39, 0.29) is 17.5 Å². The van der Waals surface area contributed by atoms with Gasteiger partial charge in [-0.25, -0.2) is 8.42 Å². The molecule has 1 aromatic heterocycles. The molecule has 0 aromatic carbocycles. The number of aromatic amines is 1. The second kappa shape index (κ2) is 5.38. The van der Waals surface area contributed by atoms with Gasteiger partial charge < -0.3 is 5.11 Å². The second-order valence-corrected chi connectivity index (χ2v) is 6.68. The summed E-state index contributed by atoms with van der Waals surface area (Å²) < 4.78 is 23.4. The van der Waals surface area contributed by atoms with Crippen molar-refractivity contribution in [1.82, 2.24) is 15.1 Å². The Morgan fingerprint density at radius 3 is 3.00 bits per heavy atom. The summed E-state index contributed by atoms with van der Waals surface area (Å²) in [7, 11) is -3.26. The lowest BCUT2D eigenvalue weighted by Crippen LogP contribution is -2.36. The van der Waals surface area contributed by atoms with Gasteiger partial charge in [0.25, 0.3) is 0 Å². The van der Waals surface area contributed by atoms with Gasteiger partial charge in [-0.2, -0.15) is 5.10 Å². The molecule has 1 saturated heterocycles. The summed E-state index contributed by atoms with van der Waals surface area (Å²) in [6.45, 7) is 1.53. The molecule has 0 saturated carbocycles. The second-order valence-electron chi connectivity index (χ2n) is 4.69. The first kappa shape index (κ1) is 13.5. The Labute approximate surface area is 107 Å². The van der Waals surface area contributed by atoms with Gasteiger partial charge in [-0.1, -0.05) is 6.42 Å². The number of nitrogens with zero attached hydrogens (tertiary/aromatic N) is 2. The average Bonchev–Trinajstić information content (AvgIpc) is 2.78. The molecule has 2 N–H and O–H groups in total. The minimum atomic E-state index is -3.26. The van der Waals surface area contributed by atoms with Gasteiger partial charge in [-0.3, -0.25) is 10.00 Å². The Balaban J connectivity index is 2.31. The van der Waals surface area contributed by atoms with Crippen molar-refractivity contribution in [3.63, 3.8) is 0 Å². The maximum atomic E-state index is 11.7. The lowest BCUT2D eigenvalue weighted by molar-refractivity contribution is 0.113. The van der Waals surface area contributed by atoms with E-state index in [0.29, 0.717) is 12.2 Å². The summed E-state index contributed by atoms with van der Waals surface area (Å²) in [5, 5.41) is 15.8. The van der Waals surface area contributed by atoms with Crippen molar-refractivity contribution in [3.05, 3.63) is 11.9 Å². The van der Waals surface area contributed by atoms with Gasteiger partial charge in [0, 0.05) is 12.8 Å². The molecule has 1 aliphatic heterocycles. The van der Waals surface area contributed by atoms with Crippen LogP contribution in [0.2, 0.25) is 0 Å². The van der Waals surface area contributed by atoms with E-state index in [1.807, 2.05) is 0 Å². The lowest BCUT2D eigenvalue weighted by atomic mass is 9.99. The summed E-state index contributed by atoms with van der Waals surface area (Å²) in [5.41, 5.74) is 0.658. The number of β-amino-alcohol motifs (C(OH)–C–C–N with tert-alkyl or cyclic N) is 1. The molecule has 0 amide bonds. The molecule has 102 valence electrons. The topological polar surface area (TPSA) is 86.3 Å². The molecular formula is C11H19N3O3S. The highest BCUT2D eigenvalue weighted by molar-refractivity contribution is 7.90. The van der Waals surface area contributed by atoms with E-state index < -0.39 is 9.84 Å². The van der Waals surface area contributed by atoms with Gasteiger partial charge in [0.05, 0.1) is 24.5 Å². The molecule has 7 heteroatoms. The van der Waals surface area contributed by atoms with E-state index >= 15 is 0 Å². The molecule has 0 spiro atoms. The molecule has 1 fully saturated rings. The average molecular weight is 273 g/mol. The first-order valence-corrected chi connectivity index (χ1v) is 8.01. The number of nitrogens with one attached hydrogen (secondary N) is 1. The summed E-state index contributed by atoms with van der Waals surface area (Å²) in [6, 6.07) is 0.0122. The standard InChI is InChI=1S/C11H19N3O3S/c1-18(16,17)10-8-12-13-11(10)9-4-2-3-5-14(9)6-7-15/h8-9,15H,2-7H2,1H3,(H,12,13). The van der Waals surface area contributed by atoms with Crippen molar-refractivity contribution < 1.29 is 13.5 Å². The number of hydrogen-bond donors (Lipinski definition) is 2. The van der Waals surface area contributed by atoms with Crippen LogP contribution >= 0.6 is 0 Å². The Bertz CT molecular complexity index is 495. The van der Waals surface area contributed by atoms with E-state index in [9.17, 15) is 8.42 Å². The summed E-state index contributed by atoms with van der Waals surface area (Å²) in [4.78, 5) is 2.39. The van der Waals surface area contributed by atoms with Crippen LogP contribution in [0.25, 0.3) is 0 Å². The summed E-state index contributed by atoms with van der Waals surface area (Å²) >= 11 is 0. The van der Waals surface area contributed by atoms with E-state index in [1.54, 1.807) is 0 Å². The number of piperidine rings is 1. The Kier molecular flexibility index (Phi) is 4.04. The van der Waals surface area contributed by atoms with Gasteiger partial charge >= 0.3 is 0 Å². The molecule has 1 aliphatic rings. The molecule has 0 aliphatic carbocycles. The van der Waals surface area contributed by atoms with Gasteiger partial charge in [-0.15, -0.1) is 0 Å². The van der Waals surface area contributed by atoms with Crippen LogP contribution in [0.15, 0.2) is 11.1 Å². The van der Waals surface area contributed by atoms with Crippen LogP contribution in [-0.4, -0.2) is 54.6 Å². The number of aliphatic hydroxyl groups is 1. The Hall–Kier alpha value is -0.920. The number of H-pyrrole nitrogens is 1. The van der Waals surface area contributed by atoms with E-state index in [2.05, 4.69) is 15.1 Å². The fourth-order valence-corrected chi connectivity index (χ4v) is 3.36. The maximum Gasteiger partial charge on any atom is 0.178 e. The van der Waals surface area contributed by atoms with Crippen LogP contribution in [0.3, 0.4) is 0 Å². The highest BCUT2D eigenvalue weighted by Crippen LogP contribution is 2.32. The zero-order valence-corrected chi connectivity index (χ0v) is 11.3. The highest BCUT2D eigenvalue weighted by atomic mass is 32.2. The zero-order valence-electron chi connectivity index (χ0n) is 10.5. The van der Waals surface area contributed by atoms with Crippen LogP contribution in [0, 0.1) is 0 Å². The van der Waals surface area contributed by atoms with Crippen molar-refractivity contribution in [2.75, 3.05) is 26.0 Å². The number of aliphatic hydroxyl groups excluding tert-OH is 1. The third-order valence-corrected chi connectivity index (χ3v) is 4.49. The fraction of sp³-hybridized carbons (Fsp3) is 0.727. The molecule has 0 radical (unpaired) electrons. The Morgan fingerprint density at radius 1 is 1.56 bits per heavy atom. The molecule has 6 nitrogen and oxygen atoms in total. The molecule has 1 aromatic rings. The van der Waals surface area contributed by atoms with Crippen molar-refractivity contribution in [3.8, 4) is 0 Å². The minimum Gasteiger partial charge on any atom is -0.395 e. The van der Waals surface area contributed by atoms with E-state index in [4.69, 9.17) is 5.11 Å². The molecule has 1 atom stereocenters. The number of sulfone groups is 1. The molecule has 2 heterocycles. The molecule has 1 unspecified atom stereocenters. The largest absolute Gasteiger partial charge is 0.395 e. The molecular weight excluding hydrogens is 254 g/mol. The summed E-state index contributed by atoms with van der Waals surface area (Å²) in [5.74, 6) is 0. The predicted octanol–water partition coefficient (Wildman–Crippen LogP) is 0.332. The molecule has 18 heavy (non-hydrogen) atoms. The number of rotatable bonds is 4. The first-order valence-electron chi connectivity index (χ1n) is 6.12. The third-order valence-electron chi connectivity index (χ3n) is 3.37. The minimum absolute atomic E-state index is 0.0122. The monoisotopic (exact) mass is 273 g/mol. The van der Waals surface area contributed by atoms with Gasteiger partial charge in [0.1, 0.15) is 4.90 Å². The van der Waals surface area contributed by atoms with E-state index in [0.717, 1.165) is 25.8 Å². The summed E-state index contributed by atoms with van der Waals surface area (Å²) in [6.07, 6.45) is 5.61. The van der Waals surface area contributed by atoms with Crippen LogP contribution in [0.1, 0.15) is 31.0 Å². The smallest absolute Gasteiger partial charge is 0.178 e. The number of hydrogen-bond acceptors (Lipinski definition) is 5.